The zero-order valence-electron chi connectivity index (χ0n) is 22.6. The SMILES string of the molecule is C=C/C=c1\c(=C/Cc2ccc3c(c2)c2ccccc2n3-c2ccc(C)cc2)c2ccccc2n1-c1ccccc1. The minimum Gasteiger partial charge on any atom is -0.309 e. The lowest BCUT2D eigenvalue weighted by Gasteiger charge is -2.08. The molecule has 2 heterocycles. The van der Waals surface area contributed by atoms with Crippen molar-refractivity contribution in [1.29, 1.82) is 0 Å². The second-order valence-corrected chi connectivity index (χ2v) is 10.3. The number of hydrogen-bond donors (Lipinski definition) is 0. The Kier molecular flexibility index (Phi) is 5.94. The molecule has 7 rings (SSSR count). The highest BCUT2D eigenvalue weighted by Crippen LogP contribution is 2.32. The first-order valence-electron chi connectivity index (χ1n) is 13.8. The van der Waals surface area contributed by atoms with E-state index in [1.54, 1.807) is 0 Å². The van der Waals surface area contributed by atoms with Gasteiger partial charge in [0.15, 0.2) is 0 Å². The van der Waals surface area contributed by atoms with Crippen molar-refractivity contribution >= 4 is 44.9 Å². The van der Waals surface area contributed by atoms with E-state index in [1.807, 2.05) is 6.08 Å². The van der Waals surface area contributed by atoms with Crippen molar-refractivity contribution in [2.24, 2.45) is 0 Å². The highest BCUT2D eigenvalue weighted by Gasteiger charge is 2.13. The van der Waals surface area contributed by atoms with Crippen LogP contribution >= 0.6 is 0 Å². The molecule has 0 aliphatic heterocycles. The van der Waals surface area contributed by atoms with Crippen molar-refractivity contribution in [3.63, 3.8) is 0 Å². The fraction of sp³-hybridized carbons (Fsp3) is 0.0526. The van der Waals surface area contributed by atoms with E-state index >= 15 is 0 Å². The smallest absolute Gasteiger partial charge is 0.0541 e. The summed E-state index contributed by atoms with van der Waals surface area (Å²) in [5.41, 5.74) is 8.56. The molecule has 0 aliphatic carbocycles. The summed E-state index contributed by atoms with van der Waals surface area (Å²) in [4.78, 5) is 0. The zero-order chi connectivity index (χ0) is 27.1. The Morgan fingerprint density at radius 1 is 0.600 bits per heavy atom. The molecule has 7 aromatic rings. The van der Waals surface area contributed by atoms with Crippen LogP contribution in [0.2, 0.25) is 0 Å². The van der Waals surface area contributed by atoms with Gasteiger partial charge in [-0.3, -0.25) is 0 Å². The van der Waals surface area contributed by atoms with Gasteiger partial charge in [0.2, 0.25) is 0 Å². The van der Waals surface area contributed by atoms with E-state index in [2.05, 4.69) is 156 Å². The number of aryl methyl sites for hydroxylation is 1. The zero-order valence-corrected chi connectivity index (χ0v) is 22.6. The number of fused-ring (bicyclic) bond motifs is 4. The van der Waals surface area contributed by atoms with Crippen LogP contribution in [0.3, 0.4) is 0 Å². The van der Waals surface area contributed by atoms with E-state index < -0.39 is 0 Å². The Hall–Kier alpha value is -5.08. The number of aromatic nitrogens is 2. The fourth-order valence-electron chi connectivity index (χ4n) is 5.97. The first-order valence-corrected chi connectivity index (χ1v) is 13.8. The van der Waals surface area contributed by atoms with Gasteiger partial charge in [0.25, 0.3) is 0 Å². The van der Waals surface area contributed by atoms with Crippen LogP contribution in [0.4, 0.5) is 0 Å². The van der Waals surface area contributed by atoms with Gasteiger partial charge < -0.3 is 9.13 Å². The molecule has 5 aromatic carbocycles. The number of allylic oxidation sites excluding steroid dienone is 1. The summed E-state index contributed by atoms with van der Waals surface area (Å²) < 4.78 is 4.71. The normalized spacial score (nSPS) is 12.6. The van der Waals surface area contributed by atoms with E-state index in [0.717, 1.165) is 17.5 Å². The lowest BCUT2D eigenvalue weighted by atomic mass is 10.1. The van der Waals surface area contributed by atoms with Gasteiger partial charge in [-0.15, -0.1) is 0 Å². The Morgan fingerprint density at radius 3 is 1.98 bits per heavy atom. The lowest BCUT2D eigenvalue weighted by Crippen LogP contribution is -2.28. The number of rotatable bonds is 5. The largest absolute Gasteiger partial charge is 0.309 e. The molecule has 2 heteroatoms. The number of benzene rings is 5. The summed E-state index contributed by atoms with van der Waals surface area (Å²) >= 11 is 0. The summed E-state index contributed by atoms with van der Waals surface area (Å²) in [6.45, 7) is 6.16. The van der Waals surface area contributed by atoms with Gasteiger partial charge in [0.05, 0.1) is 21.9 Å². The molecule has 0 aliphatic rings. The van der Waals surface area contributed by atoms with Crippen LogP contribution in [-0.2, 0) is 6.42 Å². The van der Waals surface area contributed by atoms with E-state index in [1.165, 1.54) is 54.7 Å². The maximum Gasteiger partial charge on any atom is 0.0541 e. The summed E-state index contributed by atoms with van der Waals surface area (Å²) in [7, 11) is 0. The van der Waals surface area contributed by atoms with Gasteiger partial charge in [-0.1, -0.05) is 97.1 Å². The molecule has 0 bridgehead atoms. The molecular weight excluding hydrogens is 484 g/mol. The van der Waals surface area contributed by atoms with Gasteiger partial charge in [-0.05, 0) is 73.5 Å². The van der Waals surface area contributed by atoms with E-state index in [0.29, 0.717) is 0 Å². The van der Waals surface area contributed by atoms with E-state index in [-0.39, 0.29) is 0 Å². The van der Waals surface area contributed by atoms with Gasteiger partial charge in [-0.2, -0.15) is 0 Å². The minimum atomic E-state index is 0.834. The Balaban J connectivity index is 1.40. The average Bonchev–Trinajstić information content (AvgIpc) is 3.49. The molecule has 0 unspecified atom stereocenters. The second kappa shape index (κ2) is 9.91. The lowest BCUT2D eigenvalue weighted by molar-refractivity contribution is 1.07. The molecule has 0 saturated heterocycles. The molecule has 0 fully saturated rings. The van der Waals surface area contributed by atoms with Crippen LogP contribution in [0.25, 0.3) is 56.2 Å². The standard InChI is InChI=1S/C38H30N2/c1-3-11-35-33(31-14-7-9-16-36(31)39(35)29-12-5-4-6-13-29)24-20-28-21-25-38-34(26-28)32-15-8-10-17-37(32)40(38)30-22-18-27(2)19-23-30/h3-19,21-26H,1,20H2,2H3/b33-24-,35-11+. The molecule has 2 nitrogen and oxygen atoms in total. The summed E-state index contributed by atoms with van der Waals surface area (Å²) in [5.74, 6) is 0. The molecule has 0 N–H and O–H groups in total. The quantitative estimate of drug-likeness (QED) is 0.220. The van der Waals surface area contributed by atoms with Gasteiger partial charge in [0, 0.05) is 32.8 Å². The third kappa shape index (κ3) is 3.97. The average molecular weight is 515 g/mol. The highest BCUT2D eigenvalue weighted by atomic mass is 15.0. The highest BCUT2D eigenvalue weighted by molar-refractivity contribution is 6.09. The predicted molar refractivity (Wildman–Crippen MR) is 171 cm³/mol. The van der Waals surface area contributed by atoms with Crippen LogP contribution in [0.15, 0.2) is 134 Å². The third-order valence-corrected chi connectivity index (χ3v) is 7.81. The molecule has 0 saturated carbocycles. The van der Waals surface area contributed by atoms with E-state index in [9.17, 15) is 0 Å². The van der Waals surface area contributed by atoms with E-state index in [4.69, 9.17) is 0 Å². The first-order chi connectivity index (χ1) is 19.7. The van der Waals surface area contributed by atoms with Crippen LogP contribution in [0, 0.1) is 6.92 Å². The molecule has 0 radical (unpaired) electrons. The Morgan fingerprint density at radius 2 is 1.23 bits per heavy atom. The minimum absolute atomic E-state index is 0.834. The number of nitrogens with zero attached hydrogens (tertiary/aromatic N) is 2. The molecule has 0 spiro atoms. The molecule has 192 valence electrons. The molecule has 40 heavy (non-hydrogen) atoms. The topological polar surface area (TPSA) is 9.86 Å². The molecule has 2 aromatic heterocycles. The number of para-hydroxylation sites is 3. The van der Waals surface area contributed by atoms with Crippen molar-refractivity contribution in [3.8, 4) is 11.4 Å². The van der Waals surface area contributed by atoms with Crippen molar-refractivity contribution in [3.05, 3.63) is 156 Å². The second-order valence-electron chi connectivity index (χ2n) is 10.3. The molecular formula is C38H30N2. The monoisotopic (exact) mass is 514 g/mol. The van der Waals surface area contributed by atoms with Crippen LogP contribution in [-0.4, -0.2) is 9.13 Å². The van der Waals surface area contributed by atoms with Gasteiger partial charge in [-0.25, -0.2) is 0 Å². The van der Waals surface area contributed by atoms with Gasteiger partial charge >= 0.3 is 0 Å². The molecule has 0 atom stereocenters. The van der Waals surface area contributed by atoms with Crippen molar-refractivity contribution in [1.82, 2.24) is 9.13 Å². The Labute approximate surface area is 234 Å². The van der Waals surface area contributed by atoms with Crippen molar-refractivity contribution < 1.29 is 0 Å². The summed E-state index contributed by atoms with van der Waals surface area (Å²) in [6, 6.07) is 43.6. The van der Waals surface area contributed by atoms with Gasteiger partial charge in [0.1, 0.15) is 0 Å². The Bertz CT molecular complexity index is 2140. The third-order valence-electron chi connectivity index (χ3n) is 7.81. The summed E-state index contributed by atoms with van der Waals surface area (Å²) in [5, 5.41) is 6.20. The first kappa shape index (κ1) is 24.0. The fourth-order valence-corrected chi connectivity index (χ4v) is 5.97. The summed E-state index contributed by atoms with van der Waals surface area (Å²) in [6.07, 6.45) is 7.21. The van der Waals surface area contributed by atoms with Crippen molar-refractivity contribution in [2.45, 2.75) is 13.3 Å². The predicted octanol–water partition coefficient (Wildman–Crippen LogP) is 8.03. The van der Waals surface area contributed by atoms with Crippen molar-refractivity contribution in [2.75, 3.05) is 0 Å². The van der Waals surface area contributed by atoms with Crippen LogP contribution in [0.1, 0.15) is 11.1 Å². The van der Waals surface area contributed by atoms with Crippen LogP contribution in [0.5, 0.6) is 0 Å². The van der Waals surface area contributed by atoms with Crippen LogP contribution < -0.4 is 10.6 Å². The number of hydrogen-bond acceptors (Lipinski definition) is 0. The maximum absolute atomic E-state index is 4.03. The maximum atomic E-state index is 4.03. The molecule has 0 amide bonds.